The summed E-state index contributed by atoms with van der Waals surface area (Å²) in [6, 6.07) is 5.06. The molecule has 0 spiro atoms. The van der Waals surface area contributed by atoms with Crippen molar-refractivity contribution in [3.05, 3.63) is 28.8 Å². The second-order valence-corrected chi connectivity index (χ2v) is 5.62. The summed E-state index contributed by atoms with van der Waals surface area (Å²) in [5, 5.41) is 9.17. The number of carbonyl (C=O) groups excluding carboxylic acids is 2. The smallest absolute Gasteiger partial charge is 0.321 e. The molecule has 2 rings (SSSR count). The van der Waals surface area contributed by atoms with Crippen LogP contribution in [0.3, 0.4) is 0 Å². The number of benzene rings is 1. The monoisotopic (exact) mass is 324 g/mol. The topological polar surface area (TPSA) is 73.5 Å². The summed E-state index contributed by atoms with van der Waals surface area (Å²) in [7, 11) is 0. The third-order valence-corrected chi connectivity index (χ3v) is 3.81. The van der Waals surface area contributed by atoms with E-state index in [1.807, 2.05) is 13.8 Å². The van der Waals surface area contributed by atoms with Crippen molar-refractivity contribution in [1.82, 2.24) is 16.0 Å². The van der Waals surface area contributed by atoms with Crippen molar-refractivity contribution in [2.45, 2.75) is 19.9 Å². The Morgan fingerprint density at radius 2 is 2.27 bits per heavy atom. The number of carbonyl (C=O) groups is 2. The minimum absolute atomic E-state index is 0.158. The number of hydrogen-bond donors (Lipinski definition) is 3. The Balaban J connectivity index is 2.09. The summed E-state index contributed by atoms with van der Waals surface area (Å²) >= 11 is 6.12. The highest BCUT2D eigenvalue weighted by atomic mass is 35.5. The van der Waals surface area contributed by atoms with Crippen molar-refractivity contribution in [2.75, 3.05) is 31.1 Å². The molecule has 6 nitrogen and oxygen atoms in total. The highest BCUT2D eigenvalue weighted by molar-refractivity contribution is 6.34. The fourth-order valence-corrected chi connectivity index (χ4v) is 2.54. The second-order valence-electron chi connectivity index (χ2n) is 5.22. The van der Waals surface area contributed by atoms with Gasteiger partial charge in [-0.15, -0.1) is 0 Å². The van der Waals surface area contributed by atoms with Crippen LogP contribution < -0.4 is 20.9 Å². The van der Waals surface area contributed by atoms with Gasteiger partial charge in [-0.3, -0.25) is 9.69 Å². The molecule has 3 amide bonds. The third-order valence-electron chi connectivity index (χ3n) is 3.48. The molecule has 7 heteroatoms. The zero-order valence-corrected chi connectivity index (χ0v) is 13.5. The Labute approximate surface area is 135 Å². The lowest BCUT2D eigenvalue weighted by Gasteiger charge is -2.17. The van der Waals surface area contributed by atoms with Crippen molar-refractivity contribution < 1.29 is 9.59 Å². The molecule has 0 unspecified atom stereocenters. The Kier molecular flexibility index (Phi) is 5.63. The Hall–Kier alpha value is -1.79. The molecule has 0 saturated carbocycles. The molecule has 0 radical (unpaired) electrons. The molecule has 1 aromatic rings. The molecule has 1 fully saturated rings. The molecule has 3 N–H and O–H groups in total. The Bertz CT molecular complexity index is 564. The number of anilines is 1. The maximum Gasteiger partial charge on any atom is 0.321 e. The van der Waals surface area contributed by atoms with Crippen LogP contribution in [0.15, 0.2) is 18.2 Å². The van der Waals surface area contributed by atoms with E-state index >= 15 is 0 Å². The zero-order chi connectivity index (χ0) is 16.1. The fraction of sp³-hybridized carbons (Fsp3) is 0.467. The summed E-state index contributed by atoms with van der Waals surface area (Å²) < 4.78 is 0. The molecule has 120 valence electrons. The number of urea groups is 1. The highest BCUT2D eigenvalue weighted by Gasteiger charge is 2.22. The summed E-state index contributed by atoms with van der Waals surface area (Å²) in [4.78, 5) is 25.6. The van der Waals surface area contributed by atoms with Crippen LogP contribution in [0.25, 0.3) is 0 Å². The predicted octanol–water partition coefficient (Wildman–Crippen LogP) is 1.60. The molecular formula is C15H21ClN4O2. The van der Waals surface area contributed by atoms with Gasteiger partial charge in [0.2, 0.25) is 0 Å². The lowest BCUT2D eigenvalue weighted by atomic mass is 10.1. The van der Waals surface area contributed by atoms with Gasteiger partial charge in [-0.2, -0.15) is 0 Å². The Morgan fingerprint density at radius 3 is 2.91 bits per heavy atom. The van der Waals surface area contributed by atoms with Gasteiger partial charge in [0.1, 0.15) is 0 Å². The molecule has 1 aromatic carbocycles. The van der Waals surface area contributed by atoms with Crippen molar-refractivity contribution in [1.29, 1.82) is 0 Å². The van der Waals surface area contributed by atoms with Gasteiger partial charge in [0, 0.05) is 31.4 Å². The van der Waals surface area contributed by atoms with Gasteiger partial charge in [0.25, 0.3) is 5.91 Å². The van der Waals surface area contributed by atoms with Gasteiger partial charge in [-0.25, -0.2) is 4.79 Å². The molecule has 0 aliphatic carbocycles. The zero-order valence-electron chi connectivity index (χ0n) is 12.8. The van der Waals surface area contributed by atoms with Crippen LogP contribution in [0.5, 0.6) is 0 Å². The fourth-order valence-electron chi connectivity index (χ4n) is 2.33. The Morgan fingerprint density at radius 1 is 1.50 bits per heavy atom. The summed E-state index contributed by atoms with van der Waals surface area (Å²) in [6.07, 6.45) is 0. The highest BCUT2D eigenvalue weighted by Crippen LogP contribution is 2.24. The standard InChI is InChI=1S/C15H21ClN4O2/c1-3-17-10(2)9-19-14(21)12-8-11(4-5-13(12)16)20-7-6-18-15(20)22/h4-5,8,10,17H,3,6-7,9H2,1-2H3,(H,18,22)(H,19,21)/t10-/m1/s1. The number of rotatable bonds is 6. The summed E-state index contributed by atoms with van der Waals surface area (Å²) in [5.41, 5.74) is 1.05. The van der Waals surface area contributed by atoms with Crippen LogP contribution in [-0.4, -0.2) is 44.2 Å². The van der Waals surface area contributed by atoms with Crippen molar-refractivity contribution in [3.63, 3.8) is 0 Å². The van der Waals surface area contributed by atoms with E-state index in [2.05, 4.69) is 16.0 Å². The number of likely N-dealkylation sites (N-methyl/N-ethyl adjacent to an activating group) is 1. The van der Waals surface area contributed by atoms with E-state index in [1.165, 1.54) is 0 Å². The van der Waals surface area contributed by atoms with Crippen molar-refractivity contribution in [2.24, 2.45) is 0 Å². The van der Waals surface area contributed by atoms with Crippen LogP contribution in [-0.2, 0) is 0 Å². The molecule has 1 aliphatic rings. The van der Waals surface area contributed by atoms with E-state index in [4.69, 9.17) is 11.6 Å². The number of hydrogen-bond acceptors (Lipinski definition) is 3. The first-order chi connectivity index (χ1) is 10.5. The van der Waals surface area contributed by atoms with Gasteiger partial charge >= 0.3 is 6.03 Å². The lowest BCUT2D eigenvalue weighted by molar-refractivity contribution is 0.0950. The minimum atomic E-state index is -0.240. The van der Waals surface area contributed by atoms with Crippen LogP contribution in [0.2, 0.25) is 5.02 Å². The molecule has 1 atom stereocenters. The normalized spacial score (nSPS) is 15.6. The van der Waals surface area contributed by atoms with Crippen LogP contribution in [0.1, 0.15) is 24.2 Å². The quantitative estimate of drug-likeness (QED) is 0.744. The molecule has 0 bridgehead atoms. The maximum absolute atomic E-state index is 12.3. The first-order valence-electron chi connectivity index (χ1n) is 7.39. The number of nitrogens with one attached hydrogen (secondary N) is 3. The molecule has 22 heavy (non-hydrogen) atoms. The van der Waals surface area contributed by atoms with Gasteiger partial charge < -0.3 is 16.0 Å². The first kappa shape index (κ1) is 16.6. The lowest BCUT2D eigenvalue weighted by Crippen LogP contribution is -2.39. The van der Waals surface area contributed by atoms with Crippen molar-refractivity contribution in [3.8, 4) is 0 Å². The first-order valence-corrected chi connectivity index (χ1v) is 7.77. The molecule has 1 saturated heterocycles. The van der Waals surface area contributed by atoms with Crippen molar-refractivity contribution >= 4 is 29.2 Å². The number of amides is 3. The van der Waals surface area contributed by atoms with E-state index in [0.717, 1.165) is 6.54 Å². The molecule has 1 aliphatic heterocycles. The van der Waals surface area contributed by atoms with Crippen LogP contribution in [0, 0.1) is 0 Å². The number of halogens is 1. The van der Waals surface area contributed by atoms with E-state index in [9.17, 15) is 9.59 Å². The minimum Gasteiger partial charge on any atom is -0.350 e. The van der Waals surface area contributed by atoms with E-state index < -0.39 is 0 Å². The SMILES string of the molecule is CCN[C@H](C)CNC(=O)c1cc(N2CCNC2=O)ccc1Cl. The average molecular weight is 325 g/mol. The van der Waals surface area contributed by atoms with Gasteiger partial charge in [0.05, 0.1) is 10.6 Å². The van der Waals surface area contributed by atoms with Gasteiger partial charge in [-0.05, 0) is 31.7 Å². The molecular weight excluding hydrogens is 304 g/mol. The van der Waals surface area contributed by atoms with E-state index in [-0.39, 0.29) is 18.0 Å². The molecule has 0 aromatic heterocycles. The second kappa shape index (κ2) is 7.47. The number of nitrogens with zero attached hydrogens (tertiary/aromatic N) is 1. The molecule has 1 heterocycles. The van der Waals surface area contributed by atoms with Crippen LogP contribution in [0.4, 0.5) is 10.5 Å². The van der Waals surface area contributed by atoms with Gasteiger partial charge in [0.15, 0.2) is 0 Å². The maximum atomic E-state index is 12.3. The average Bonchev–Trinajstić information content (AvgIpc) is 2.92. The summed E-state index contributed by atoms with van der Waals surface area (Å²) in [6.45, 7) is 6.55. The third kappa shape index (κ3) is 3.90. The van der Waals surface area contributed by atoms with E-state index in [1.54, 1.807) is 23.1 Å². The van der Waals surface area contributed by atoms with Crippen LogP contribution >= 0.6 is 11.6 Å². The predicted molar refractivity (Wildman–Crippen MR) is 87.7 cm³/mol. The van der Waals surface area contributed by atoms with E-state index in [0.29, 0.717) is 35.9 Å². The van der Waals surface area contributed by atoms with Gasteiger partial charge in [-0.1, -0.05) is 18.5 Å². The largest absolute Gasteiger partial charge is 0.350 e. The summed E-state index contributed by atoms with van der Waals surface area (Å²) in [5.74, 6) is -0.240.